The predicted octanol–water partition coefficient (Wildman–Crippen LogP) is 4.28. The van der Waals surface area contributed by atoms with E-state index < -0.39 is 19.2 Å². The Labute approximate surface area is 109 Å². The number of nitrogens with zero attached hydrogens (tertiary/aromatic N) is 1. The zero-order valence-electron chi connectivity index (χ0n) is 10.2. The number of pyridine rings is 1. The third-order valence-electron chi connectivity index (χ3n) is 2.26. The van der Waals surface area contributed by atoms with E-state index in [1.165, 1.54) is 0 Å². The third-order valence-corrected chi connectivity index (χ3v) is 2.57. The van der Waals surface area contributed by atoms with Crippen LogP contribution in [0.3, 0.4) is 0 Å². The fourth-order valence-corrected chi connectivity index (χ4v) is 1.45. The largest absolute Gasteiger partial charge is 0.477 e. The Balaban J connectivity index is 2.73. The van der Waals surface area contributed by atoms with Gasteiger partial charge in [0.15, 0.2) is 0 Å². The first-order valence-corrected chi connectivity index (χ1v) is 6.11. The lowest BCUT2D eigenvalue weighted by Crippen LogP contribution is -2.13. The van der Waals surface area contributed by atoms with Gasteiger partial charge < -0.3 is 4.74 Å². The van der Waals surface area contributed by atoms with Crippen LogP contribution >= 0.6 is 11.6 Å². The smallest absolute Gasteiger partial charge is 0.392 e. The maximum Gasteiger partial charge on any atom is 0.392 e. The summed E-state index contributed by atoms with van der Waals surface area (Å²) >= 11 is 5.72. The number of ether oxygens (including phenoxy) is 1. The van der Waals surface area contributed by atoms with Gasteiger partial charge in [-0.1, -0.05) is 13.8 Å². The predicted molar refractivity (Wildman–Crippen MR) is 64.1 cm³/mol. The Bertz CT molecular complexity index is 393. The summed E-state index contributed by atoms with van der Waals surface area (Å²) in [5.41, 5.74) is 1.55. The minimum Gasteiger partial charge on any atom is -0.477 e. The molecule has 0 fully saturated rings. The number of hydrogen-bond acceptors (Lipinski definition) is 2. The van der Waals surface area contributed by atoms with Gasteiger partial charge in [-0.2, -0.15) is 13.2 Å². The molecule has 1 heterocycles. The quantitative estimate of drug-likeness (QED) is 0.752. The van der Waals surface area contributed by atoms with Crippen molar-refractivity contribution in [3.63, 3.8) is 0 Å². The van der Waals surface area contributed by atoms with E-state index in [0.29, 0.717) is 0 Å². The van der Waals surface area contributed by atoms with Gasteiger partial charge in [0.25, 0.3) is 0 Å². The molecule has 18 heavy (non-hydrogen) atoms. The molecule has 1 rings (SSSR count). The molecule has 2 nitrogen and oxygen atoms in total. The summed E-state index contributed by atoms with van der Waals surface area (Å²) < 4.78 is 41.0. The third kappa shape index (κ3) is 5.12. The van der Waals surface area contributed by atoms with Gasteiger partial charge in [-0.3, -0.25) is 0 Å². The van der Waals surface area contributed by atoms with Crippen LogP contribution in [0.2, 0.25) is 0 Å². The van der Waals surface area contributed by atoms with Crippen molar-refractivity contribution in [2.75, 3.05) is 6.61 Å². The molecule has 0 saturated heterocycles. The first-order chi connectivity index (χ1) is 8.31. The lowest BCUT2D eigenvalue weighted by atomic mass is 10.1. The van der Waals surface area contributed by atoms with Gasteiger partial charge in [-0.05, 0) is 17.5 Å². The van der Waals surface area contributed by atoms with Crippen LogP contribution in [-0.4, -0.2) is 17.8 Å². The molecular weight excluding hydrogens is 267 g/mol. The van der Waals surface area contributed by atoms with Crippen LogP contribution in [0, 0.1) is 0 Å². The van der Waals surface area contributed by atoms with Gasteiger partial charge in [0, 0.05) is 17.6 Å². The molecule has 0 spiro atoms. The first kappa shape index (κ1) is 15.1. The van der Waals surface area contributed by atoms with E-state index in [-0.39, 0.29) is 17.7 Å². The van der Waals surface area contributed by atoms with Gasteiger partial charge in [0.1, 0.15) is 0 Å². The van der Waals surface area contributed by atoms with Crippen molar-refractivity contribution in [3.05, 3.63) is 23.4 Å². The normalized spacial score (nSPS) is 11.9. The molecule has 0 radical (unpaired) electrons. The van der Waals surface area contributed by atoms with E-state index in [2.05, 4.69) is 4.98 Å². The molecule has 1 aromatic rings. The van der Waals surface area contributed by atoms with Crippen LogP contribution in [0.25, 0.3) is 0 Å². The fourth-order valence-electron chi connectivity index (χ4n) is 1.30. The molecule has 0 aliphatic carbocycles. The molecule has 6 heteroatoms. The summed E-state index contributed by atoms with van der Waals surface area (Å²) in [5, 5.41) is 0. The number of aromatic nitrogens is 1. The van der Waals surface area contributed by atoms with Crippen LogP contribution in [-0.2, 0) is 5.88 Å². The van der Waals surface area contributed by atoms with E-state index in [1.807, 2.05) is 19.9 Å². The zero-order chi connectivity index (χ0) is 13.8. The van der Waals surface area contributed by atoms with E-state index >= 15 is 0 Å². The van der Waals surface area contributed by atoms with E-state index in [4.69, 9.17) is 16.3 Å². The van der Waals surface area contributed by atoms with Crippen molar-refractivity contribution < 1.29 is 17.9 Å². The van der Waals surface area contributed by atoms with Crippen LogP contribution in [0.5, 0.6) is 5.88 Å². The summed E-state index contributed by atoms with van der Waals surface area (Å²) in [7, 11) is 0. The van der Waals surface area contributed by atoms with Gasteiger partial charge in [0.2, 0.25) is 5.88 Å². The summed E-state index contributed by atoms with van der Waals surface area (Å²) in [6.45, 7) is 3.46. The first-order valence-electron chi connectivity index (χ1n) is 5.58. The van der Waals surface area contributed by atoms with Crippen molar-refractivity contribution in [1.29, 1.82) is 0 Å². The molecule has 0 amide bonds. The maximum absolute atomic E-state index is 12.0. The van der Waals surface area contributed by atoms with E-state index in [9.17, 15) is 13.2 Å². The van der Waals surface area contributed by atoms with E-state index in [1.54, 1.807) is 6.07 Å². The highest BCUT2D eigenvalue weighted by Crippen LogP contribution is 2.22. The van der Waals surface area contributed by atoms with Gasteiger partial charge >= 0.3 is 6.18 Å². The number of alkyl halides is 4. The Kier molecular flexibility index (Phi) is 5.26. The van der Waals surface area contributed by atoms with Gasteiger partial charge in [-0.25, -0.2) is 4.98 Å². The molecule has 0 aliphatic heterocycles. The minimum atomic E-state index is -4.22. The number of rotatable bonds is 5. The molecule has 1 aromatic heterocycles. The highest BCUT2D eigenvalue weighted by molar-refractivity contribution is 6.17. The lowest BCUT2D eigenvalue weighted by molar-refractivity contribution is -0.139. The minimum absolute atomic E-state index is 0.165. The molecule has 0 N–H and O–H groups in total. The summed E-state index contributed by atoms with van der Waals surface area (Å²) in [6, 6.07) is 3.39. The van der Waals surface area contributed by atoms with Crippen molar-refractivity contribution >= 4 is 11.6 Å². The Morgan fingerprint density at radius 3 is 2.50 bits per heavy atom. The highest BCUT2D eigenvalue weighted by atomic mass is 35.5. The van der Waals surface area contributed by atoms with Crippen molar-refractivity contribution in [2.24, 2.45) is 0 Å². The van der Waals surface area contributed by atoms with Gasteiger partial charge in [-0.15, -0.1) is 11.6 Å². The van der Waals surface area contributed by atoms with Gasteiger partial charge in [0.05, 0.1) is 13.0 Å². The zero-order valence-corrected chi connectivity index (χ0v) is 11.0. The standard InChI is InChI=1S/C12H15ClF3NO/c1-8(2)10-5-9(7-13)6-11(17-10)18-4-3-12(14,15)16/h5-6,8H,3-4,7H2,1-2H3. The molecule has 0 aliphatic rings. The summed E-state index contributed by atoms with van der Waals surface area (Å²) in [4.78, 5) is 4.15. The molecule has 0 unspecified atom stereocenters. The summed E-state index contributed by atoms with van der Waals surface area (Å²) in [6.07, 6.45) is -5.21. The number of halogens is 4. The monoisotopic (exact) mass is 281 g/mol. The molecule has 0 saturated carbocycles. The van der Waals surface area contributed by atoms with Crippen LogP contribution in [0.1, 0.15) is 37.4 Å². The van der Waals surface area contributed by atoms with Crippen molar-refractivity contribution in [1.82, 2.24) is 4.98 Å². The molecule has 102 valence electrons. The molecule has 0 bridgehead atoms. The maximum atomic E-state index is 12.0. The van der Waals surface area contributed by atoms with Crippen molar-refractivity contribution in [2.45, 2.75) is 38.2 Å². The Morgan fingerprint density at radius 2 is 2.00 bits per heavy atom. The fraction of sp³-hybridized carbons (Fsp3) is 0.583. The number of hydrogen-bond donors (Lipinski definition) is 0. The second-order valence-electron chi connectivity index (χ2n) is 4.24. The average molecular weight is 282 g/mol. The van der Waals surface area contributed by atoms with E-state index in [0.717, 1.165) is 11.3 Å². The summed E-state index contributed by atoms with van der Waals surface area (Å²) in [5.74, 6) is 0.636. The van der Waals surface area contributed by atoms with Crippen LogP contribution in [0.15, 0.2) is 12.1 Å². The van der Waals surface area contributed by atoms with Crippen LogP contribution < -0.4 is 4.74 Å². The SMILES string of the molecule is CC(C)c1cc(CCl)cc(OCCC(F)(F)F)n1. The lowest BCUT2D eigenvalue weighted by Gasteiger charge is -2.12. The molecule has 0 aromatic carbocycles. The average Bonchev–Trinajstić information content (AvgIpc) is 2.26. The topological polar surface area (TPSA) is 22.1 Å². The van der Waals surface area contributed by atoms with Crippen molar-refractivity contribution in [3.8, 4) is 5.88 Å². The Morgan fingerprint density at radius 1 is 1.33 bits per heavy atom. The Hall–Kier alpha value is -0.970. The van der Waals surface area contributed by atoms with Crippen LogP contribution in [0.4, 0.5) is 13.2 Å². The highest BCUT2D eigenvalue weighted by Gasteiger charge is 2.27. The molecule has 0 atom stereocenters. The molecular formula is C12H15ClF3NO. The second kappa shape index (κ2) is 6.27. The second-order valence-corrected chi connectivity index (χ2v) is 4.51.